The lowest BCUT2D eigenvalue weighted by Gasteiger charge is -2.23. The number of rotatable bonds is 5. The minimum Gasteiger partial charge on any atom is -0.496 e. The minimum atomic E-state index is -4.27. The van der Waals surface area contributed by atoms with Gasteiger partial charge in [-0.1, -0.05) is 11.6 Å². The number of aryl methyl sites for hydroxylation is 1. The molecule has 108 valence electrons. The molecule has 6 heteroatoms. The molecular weight excluding hydrogens is 259 g/mol. The molecule has 1 N–H and O–H groups in total. The molecule has 1 aromatic rings. The molecule has 0 spiro atoms. The van der Waals surface area contributed by atoms with Crippen LogP contribution in [0.25, 0.3) is 0 Å². The van der Waals surface area contributed by atoms with Gasteiger partial charge in [0, 0.05) is 12.1 Å². The number of methoxy groups -OCH3 is 1. The molecule has 3 nitrogen and oxygen atoms in total. The lowest BCUT2D eigenvalue weighted by Crippen LogP contribution is -2.34. The van der Waals surface area contributed by atoms with Crippen LogP contribution in [0.1, 0.15) is 17.2 Å². The third-order valence-corrected chi connectivity index (χ3v) is 2.68. The van der Waals surface area contributed by atoms with Crippen LogP contribution >= 0.6 is 0 Å². The Morgan fingerprint density at radius 3 is 2.53 bits per heavy atom. The smallest absolute Gasteiger partial charge is 0.401 e. The third-order valence-electron chi connectivity index (χ3n) is 2.68. The van der Waals surface area contributed by atoms with Gasteiger partial charge in [-0.2, -0.15) is 13.2 Å². The largest absolute Gasteiger partial charge is 0.496 e. The maximum absolute atomic E-state index is 12.2. The molecule has 1 atom stereocenters. The molecule has 1 rings (SSSR count). The van der Waals surface area contributed by atoms with E-state index in [1.54, 1.807) is 12.1 Å². The van der Waals surface area contributed by atoms with Crippen molar-refractivity contribution in [1.29, 1.82) is 0 Å². The quantitative estimate of drug-likeness (QED) is 0.897. The first-order valence-corrected chi connectivity index (χ1v) is 5.81. The fraction of sp³-hybridized carbons (Fsp3) is 0.538. The van der Waals surface area contributed by atoms with Gasteiger partial charge < -0.3 is 9.84 Å². The zero-order chi connectivity index (χ0) is 14.6. The predicted octanol–water partition coefficient (Wildman–Crippen LogP) is 2.53. The monoisotopic (exact) mass is 277 g/mol. The summed E-state index contributed by atoms with van der Waals surface area (Å²) in [6.07, 6.45) is -5.30. The molecule has 0 saturated heterocycles. The Kier molecular flexibility index (Phi) is 5.20. The summed E-state index contributed by atoms with van der Waals surface area (Å²) in [4.78, 5) is 1.03. The Morgan fingerprint density at radius 2 is 2.00 bits per heavy atom. The summed E-state index contributed by atoms with van der Waals surface area (Å²) in [6, 6.07) is 5.22. The van der Waals surface area contributed by atoms with Crippen LogP contribution in [0.3, 0.4) is 0 Å². The molecule has 0 aliphatic rings. The van der Waals surface area contributed by atoms with Crippen LogP contribution in [0, 0.1) is 6.92 Å². The number of halogens is 3. The average molecular weight is 277 g/mol. The van der Waals surface area contributed by atoms with E-state index in [1.165, 1.54) is 14.2 Å². The Morgan fingerprint density at radius 1 is 1.37 bits per heavy atom. The Bertz CT molecular complexity index is 421. The molecule has 0 aliphatic carbocycles. The van der Waals surface area contributed by atoms with E-state index < -0.39 is 18.8 Å². The van der Waals surface area contributed by atoms with Crippen LogP contribution in [-0.4, -0.2) is 43.4 Å². The zero-order valence-electron chi connectivity index (χ0n) is 11.2. The first-order valence-electron chi connectivity index (χ1n) is 5.81. The Labute approximate surface area is 110 Å². The van der Waals surface area contributed by atoms with Crippen molar-refractivity contribution in [2.24, 2.45) is 0 Å². The Balaban J connectivity index is 2.77. The first kappa shape index (κ1) is 15.8. The number of ether oxygens (including phenoxy) is 1. The fourth-order valence-corrected chi connectivity index (χ4v) is 1.88. The van der Waals surface area contributed by atoms with Crippen molar-refractivity contribution in [3.05, 3.63) is 29.3 Å². The summed E-state index contributed by atoms with van der Waals surface area (Å²) in [7, 11) is 2.78. The number of aliphatic hydroxyl groups is 1. The second-order valence-corrected chi connectivity index (χ2v) is 4.57. The summed E-state index contributed by atoms with van der Waals surface area (Å²) in [5.74, 6) is 0.471. The van der Waals surface area contributed by atoms with E-state index >= 15 is 0 Å². The zero-order valence-corrected chi connectivity index (χ0v) is 11.2. The first-order chi connectivity index (χ1) is 8.73. The van der Waals surface area contributed by atoms with Crippen LogP contribution in [-0.2, 0) is 0 Å². The number of benzene rings is 1. The highest BCUT2D eigenvalue weighted by atomic mass is 19.4. The van der Waals surface area contributed by atoms with Gasteiger partial charge in [-0.15, -0.1) is 0 Å². The van der Waals surface area contributed by atoms with Crippen LogP contribution in [0.15, 0.2) is 18.2 Å². The van der Waals surface area contributed by atoms with Crippen molar-refractivity contribution in [3.63, 3.8) is 0 Å². The molecule has 0 heterocycles. The number of likely N-dealkylation sites (N-methyl/N-ethyl adjacent to an activating group) is 1. The Hall–Kier alpha value is -1.27. The number of hydrogen-bond acceptors (Lipinski definition) is 3. The standard InChI is InChI=1S/C13H18F3NO2/c1-9-4-5-12(19-3)10(6-9)11(18)7-17(2)8-13(14,15)16/h4-6,11,18H,7-8H2,1-3H3. The van der Waals surface area contributed by atoms with Gasteiger partial charge in [0.1, 0.15) is 5.75 Å². The lowest BCUT2D eigenvalue weighted by molar-refractivity contribution is -0.145. The second-order valence-electron chi connectivity index (χ2n) is 4.57. The highest BCUT2D eigenvalue weighted by molar-refractivity contribution is 5.38. The summed E-state index contributed by atoms with van der Waals surface area (Å²) in [5, 5.41) is 10.0. The molecule has 1 aromatic carbocycles. The molecule has 0 aliphatic heterocycles. The molecular formula is C13H18F3NO2. The summed E-state index contributed by atoms with van der Waals surface area (Å²) >= 11 is 0. The van der Waals surface area contributed by atoms with E-state index in [2.05, 4.69) is 0 Å². The van der Waals surface area contributed by atoms with Crippen LogP contribution in [0.4, 0.5) is 13.2 Å². The van der Waals surface area contributed by atoms with Gasteiger partial charge in [0.25, 0.3) is 0 Å². The van der Waals surface area contributed by atoms with Crippen molar-refractivity contribution in [3.8, 4) is 5.75 Å². The van der Waals surface area contributed by atoms with Crippen LogP contribution in [0.5, 0.6) is 5.75 Å². The molecule has 0 saturated carbocycles. The molecule has 1 unspecified atom stereocenters. The summed E-state index contributed by atoms with van der Waals surface area (Å²) in [5.41, 5.74) is 1.41. The molecule has 19 heavy (non-hydrogen) atoms. The van der Waals surface area contributed by atoms with Gasteiger partial charge in [0.2, 0.25) is 0 Å². The van der Waals surface area contributed by atoms with Crippen LogP contribution < -0.4 is 4.74 Å². The SMILES string of the molecule is COc1ccc(C)cc1C(O)CN(C)CC(F)(F)F. The maximum atomic E-state index is 12.2. The van der Waals surface area contributed by atoms with Crippen molar-refractivity contribution in [2.45, 2.75) is 19.2 Å². The van der Waals surface area contributed by atoms with Gasteiger partial charge in [-0.3, -0.25) is 4.90 Å². The van der Waals surface area contributed by atoms with Gasteiger partial charge in [0.05, 0.1) is 19.8 Å². The highest BCUT2D eigenvalue weighted by Crippen LogP contribution is 2.27. The molecule has 0 amide bonds. The maximum Gasteiger partial charge on any atom is 0.401 e. The van der Waals surface area contributed by atoms with E-state index in [9.17, 15) is 18.3 Å². The van der Waals surface area contributed by atoms with Crippen molar-refractivity contribution in [1.82, 2.24) is 4.90 Å². The minimum absolute atomic E-state index is 0.112. The average Bonchev–Trinajstić information content (AvgIpc) is 2.26. The predicted molar refractivity (Wildman–Crippen MR) is 66.2 cm³/mol. The summed E-state index contributed by atoms with van der Waals surface area (Å²) in [6.45, 7) is 0.673. The number of hydrogen-bond donors (Lipinski definition) is 1. The van der Waals surface area contributed by atoms with Crippen LogP contribution in [0.2, 0.25) is 0 Å². The topological polar surface area (TPSA) is 32.7 Å². The summed E-state index contributed by atoms with van der Waals surface area (Å²) < 4.78 is 41.8. The van der Waals surface area contributed by atoms with Gasteiger partial charge in [-0.05, 0) is 26.1 Å². The van der Waals surface area contributed by atoms with Gasteiger partial charge >= 0.3 is 6.18 Å². The molecule has 0 fully saturated rings. The van der Waals surface area contributed by atoms with E-state index in [-0.39, 0.29) is 6.54 Å². The van der Waals surface area contributed by atoms with Crippen molar-refractivity contribution >= 4 is 0 Å². The number of alkyl halides is 3. The fourth-order valence-electron chi connectivity index (χ4n) is 1.88. The normalized spacial score (nSPS) is 13.7. The molecule has 0 aromatic heterocycles. The number of aliphatic hydroxyl groups excluding tert-OH is 1. The van der Waals surface area contributed by atoms with E-state index in [4.69, 9.17) is 4.74 Å². The lowest BCUT2D eigenvalue weighted by atomic mass is 10.0. The molecule has 0 bridgehead atoms. The highest BCUT2D eigenvalue weighted by Gasteiger charge is 2.30. The van der Waals surface area contributed by atoms with Gasteiger partial charge in [0.15, 0.2) is 0 Å². The van der Waals surface area contributed by atoms with E-state index in [0.29, 0.717) is 11.3 Å². The van der Waals surface area contributed by atoms with Crippen molar-refractivity contribution in [2.75, 3.05) is 27.2 Å². The second kappa shape index (κ2) is 6.25. The van der Waals surface area contributed by atoms with E-state index in [0.717, 1.165) is 10.5 Å². The van der Waals surface area contributed by atoms with E-state index in [1.807, 2.05) is 13.0 Å². The third kappa shape index (κ3) is 5.08. The number of nitrogens with zero attached hydrogens (tertiary/aromatic N) is 1. The molecule has 0 radical (unpaired) electrons. The van der Waals surface area contributed by atoms with Gasteiger partial charge in [-0.25, -0.2) is 0 Å². The van der Waals surface area contributed by atoms with Crippen molar-refractivity contribution < 1.29 is 23.0 Å².